The number of likely N-dealkylation sites (N-methyl/N-ethyl adjacent to an activating group) is 1. The molecule has 2 N–H and O–H groups in total. The van der Waals surface area contributed by atoms with Gasteiger partial charge in [-0.2, -0.15) is 0 Å². The largest absolute Gasteiger partial charge is 0.329 e. The first-order chi connectivity index (χ1) is 7.37. The van der Waals surface area contributed by atoms with Crippen molar-refractivity contribution in [2.75, 3.05) is 13.6 Å². The predicted molar refractivity (Wildman–Crippen MR) is 71.6 cm³/mol. The van der Waals surface area contributed by atoms with Crippen LogP contribution in [0.4, 0.5) is 0 Å². The van der Waals surface area contributed by atoms with Gasteiger partial charge in [0, 0.05) is 18.1 Å². The smallest absolute Gasteiger partial charge is 0.0336 e. The van der Waals surface area contributed by atoms with Crippen LogP contribution in [0.3, 0.4) is 0 Å². The van der Waals surface area contributed by atoms with E-state index in [4.69, 9.17) is 5.73 Å². The molecular weight excluding hydrogens is 196 g/mol. The first-order valence-corrected chi connectivity index (χ1v) is 6.80. The Morgan fingerprint density at radius 3 is 2.31 bits per heavy atom. The van der Waals surface area contributed by atoms with Crippen LogP contribution >= 0.6 is 0 Å². The van der Waals surface area contributed by atoms with E-state index in [0.717, 1.165) is 6.54 Å². The standard InChI is InChI=1S/C14H30N2/c1-6-7-12(2)16(5)14(11-15)9-8-13(3,4)10-14/h12H,6-11,15H2,1-5H3. The molecule has 0 radical (unpaired) electrons. The average molecular weight is 226 g/mol. The van der Waals surface area contributed by atoms with Gasteiger partial charge in [-0.05, 0) is 45.1 Å². The molecule has 0 amide bonds. The second kappa shape index (κ2) is 5.05. The quantitative estimate of drug-likeness (QED) is 0.781. The predicted octanol–water partition coefficient (Wildman–Crippen LogP) is 3.01. The van der Waals surface area contributed by atoms with Gasteiger partial charge in [0.1, 0.15) is 0 Å². The van der Waals surface area contributed by atoms with E-state index >= 15 is 0 Å². The molecule has 0 aromatic carbocycles. The molecule has 0 saturated heterocycles. The molecule has 16 heavy (non-hydrogen) atoms. The Bertz CT molecular complexity index is 225. The van der Waals surface area contributed by atoms with Crippen molar-refractivity contribution < 1.29 is 0 Å². The summed E-state index contributed by atoms with van der Waals surface area (Å²) in [6, 6.07) is 0.655. The molecule has 1 saturated carbocycles. The molecule has 0 spiro atoms. The van der Waals surface area contributed by atoms with Crippen molar-refractivity contribution in [1.82, 2.24) is 4.90 Å². The van der Waals surface area contributed by atoms with E-state index in [1.165, 1.54) is 32.1 Å². The van der Waals surface area contributed by atoms with Crippen molar-refractivity contribution in [2.45, 2.75) is 71.4 Å². The van der Waals surface area contributed by atoms with Crippen LogP contribution in [0, 0.1) is 5.41 Å². The summed E-state index contributed by atoms with van der Waals surface area (Å²) in [6.45, 7) is 10.2. The third kappa shape index (κ3) is 2.78. The van der Waals surface area contributed by atoms with E-state index in [-0.39, 0.29) is 5.54 Å². The van der Waals surface area contributed by atoms with Gasteiger partial charge in [0.15, 0.2) is 0 Å². The third-order valence-electron chi connectivity index (χ3n) is 4.57. The number of rotatable bonds is 5. The minimum atomic E-state index is 0.262. The molecule has 2 heteroatoms. The van der Waals surface area contributed by atoms with Crippen molar-refractivity contribution in [3.8, 4) is 0 Å². The summed E-state index contributed by atoms with van der Waals surface area (Å²) in [6.07, 6.45) is 6.36. The maximum absolute atomic E-state index is 6.08. The first-order valence-electron chi connectivity index (χ1n) is 6.80. The highest BCUT2D eigenvalue weighted by molar-refractivity contribution is 5.02. The Hall–Kier alpha value is -0.0800. The molecule has 2 atom stereocenters. The molecule has 96 valence electrons. The van der Waals surface area contributed by atoms with Crippen LogP contribution in [-0.4, -0.2) is 30.1 Å². The molecule has 0 aliphatic heterocycles. The fourth-order valence-electron chi connectivity index (χ4n) is 3.34. The van der Waals surface area contributed by atoms with Crippen molar-refractivity contribution in [1.29, 1.82) is 0 Å². The molecule has 2 unspecified atom stereocenters. The van der Waals surface area contributed by atoms with Gasteiger partial charge in [-0.3, -0.25) is 4.90 Å². The summed E-state index contributed by atoms with van der Waals surface area (Å²) in [7, 11) is 2.27. The highest BCUT2D eigenvalue weighted by atomic mass is 15.2. The van der Waals surface area contributed by atoms with Crippen LogP contribution in [0.25, 0.3) is 0 Å². The molecule has 2 nitrogen and oxygen atoms in total. The fourth-order valence-corrected chi connectivity index (χ4v) is 3.34. The molecule has 0 bridgehead atoms. The summed E-state index contributed by atoms with van der Waals surface area (Å²) in [4.78, 5) is 2.56. The van der Waals surface area contributed by atoms with E-state index in [1.807, 2.05) is 0 Å². The minimum absolute atomic E-state index is 0.262. The van der Waals surface area contributed by atoms with Gasteiger partial charge in [-0.15, -0.1) is 0 Å². The summed E-state index contributed by atoms with van der Waals surface area (Å²) in [5.41, 5.74) is 6.82. The molecule has 1 fully saturated rings. The van der Waals surface area contributed by atoms with E-state index in [2.05, 4.69) is 39.6 Å². The molecular formula is C14H30N2. The molecule has 1 aliphatic carbocycles. The number of nitrogens with zero attached hydrogens (tertiary/aromatic N) is 1. The van der Waals surface area contributed by atoms with Crippen molar-refractivity contribution >= 4 is 0 Å². The maximum atomic E-state index is 6.08. The molecule has 1 rings (SSSR count). The van der Waals surface area contributed by atoms with Gasteiger partial charge >= 0.3 is 0 Å². The van der Waals surface area contributed by atoms with Gasteiger partial charge in [0.25, 0.3) is 0 Å². The Labute approximate surface area is 102 Å². The zero-order valence-corrected chi connectivity index (χ0v) is 11.8. The maximum Gasteiger partial charge on any atom is 0.0336 e. The first kappa shape index (κ1) is 14.0. The summed E-state index contributed by atoms with van der Waals surface area (Å²) >= 11 is 0. The lowest BCUT2D eigenvalue weighted by atomic mass is 9.86. The number of hydrogen-bond donors (Lipinski definition) is 1. The third-order valence-corrected chi connectivity index (χ3v) is 4.57. The Morgan fingerprint density at radius 1 is 1.31 bits per heavy atom. The molecule has 0 aromatic heterocycles. The van der Waals surface area contributed by atoms with E-state index in [0.29, 0.717) is 11.5 Å². The Kier molecular flexibility index (Phi) is 4.42. The van der Waals surface area contributed by atoms with Crippen molar-refractivity contribution in [2.24, 2.45) is 11.1 Å². The lowest BCUT2D eigenvalue weighted by Crippen LogP contribution is -2.54. The topological polar surface area (TPSA) is 29.3 Å². The van der Waals surface area contributed by atoms with Gasteiger partial charge in [-0.1, -0.05) is 27.2 Å². The van der Waals surface area contributed by atoms with Gasteiger partial charge in [0.2, 0.25) is 0 Å². The van der Waals surface area contributed by atoms with Gasteiger partial charge < -0.3 is 5.73 Å². The average Bonchev–Trinajstić information content (AvgIpc) is 2.55. The second-order valence-corrected chi connectivity index (χ2v) is 6.52. The normalized spacial score (nSPS) is 30.9. The summed E-state index contributed by atoms with van der Waals surface area (Å²) < 4.78 is 0. The molecule has 0 heterocycles. The van der Waals surface area contributed by atoms with E-state index in [1.54, 1.807) is 0 Å². The zero-order valence-electron chi connectivity index (χ0n) is 11.8. The fraction of sp³-hybridized carbons (Fsp3) is 1.00. The van der Waals surface area contributed by atoms with Gasteiger partial charge in [-0.25, -0.2) is 0 Å². The Balaban J connectivity index is 2.74. The SMILES string of the molecule is CCCC(C)N(C)C1(CN)CCC(C)(C)C1. The summed E-state index contributed by atoms with van der Waals surface area (Å²) in [5, 5.41) is 0. The molecule has 0 aromatic rings. The highest BCUT2D eigenvalue weighted by Gasteiger charge is 2.45. The van der Waals surface area contributed by atoms with Crippen molar-refractivity contribution in [3.05, 3.63) is 0 Å². The van der Waals surface area contributed by atoms with E-state index < -0.39 is 0 Å². The monoisotopic (exact) mass is 226 g/mol. The number of hydrogen-bond acceptors (Lipinski definition) is 2. The second-order valence-electron chi connectivity index (χ2n) is 6.52. The van der Waals surface area contributed by atoms with E-state index in [9.17, 15) is 0 Å². The van der Waals surface area contributed by atoms with Gasteiger partial charge in [0.05, 0.1) is 0 Å². The lowest BCUT2D eigenvalue weighted by Gasteiger charge is -2.43. The van der Waals surface area contributed by atoms with Crippen LogP contribution in [0.15, 0.2) is 0 Å². The van der Waals surface area contributed by atoms with Crippen LogP contribution < -0.4 is 5.73 Å². The Morgan fingerprint density at radius 2 is 1.94 bits per heavy atom. The minimum Gasteiger partial charge on any atom is -0.329 e. The van der Waals surface area contributed by atoms with Crippen LogP contribution in [0.5, 0.6) is 0 Å². The zero-order chi connectivity index (χ0) is 12.4. The highest BCUT2D eigenvalue weighted by Crippen LogP contribution is 2.46. The van der Waals surface area contributed by atoms with Crippen LogP contribution in [-0.2, 0) is 0 Å². The van der Waals surface area contributed by atoms with Crippen molar-refractivity contribution in [3.63, 3.8) is 0 Å². The van der Waals surface area contributed by atoms with Crippen LogP contribution in [0.1, 0.15) is 59.8 Å². The summed E-state index contributed by atoms with van der Waals surface area (Å²) in [5.74, 6) is 0. The lowest BCUT2D eigenvalue weighted by molar-refractivity contribution is 0.0756. The molecule has 1 aliphatic rings. The number of nitrogens with two attached hydrogens (primary N) is 1. The van der Waals surface area contributed by atoms with Crippen LogP contribution in [0.2, 0.25) is 0 Å².